The van der Waals surface area contributed by atoms with Crippen LogP contribution in [0.2, 0.25) is 0 Å². The van der Waals surface area contributed by atoms with Crippen molar-refractivity contribution < 1.29 is 13.2 Å². The molecule has 0 aliphatic heterocycles. The van der Waals surface area contributed by atoms with Gasteiger partial charge < -0.3 is 0 Å². The highest BCUT2D eigenvalue weighted by Gasteiger charge is 2.30. The molecule has 0 radical (unpaired) electrons. The first kappa shape index (κ1) is 15.0. The van der Waals surface area contributed by atoms with Crippen LogP contribution in [-0.4, -0.2) is 5.51 Å². The minimum atomic E-state index is -4.27. The monoisotopic (exact) mass is 272 g/mol. The highest BCUT2D eigenvalue weighted by Crippen LogP contribution is 2.38. The lowest BCUT2D eigenvalue weighted by Crippen LogP contribution is -2.00. The van der Waals surface area contributed by atoms with Gasteiger partial charge in [-0.2, -0.15) is 13.2 Å². The topological polar surface area (TPSA) is 0 Å². The molecule has 0 bridgehead atoms. The molecule has 0 atom stereocenters. The van der Waals surface area contributed by atoms with Gasteiger partial charge in [-0.3, -0.25) is 0 Å². The van der Waals surface area contributed by atoms with Gasteiger partial charge in [-0.15, -0.1) is 0 Å². The third-order valence-electron chi connectivity index (χ3n) is 2.24. The van der Waals surface area contributed by atoms with Crippen LogP contribution in [0.3, 0.4) is 0 Å². The van der Waals surface area contributed by atoms with Gasteiger partial charge in [0.1, 0.15) is 0 Å². The number of thioether (sulfide) groups is 1. The Morgan fingerprint density at radius 1 is 1.28 bits per heavy atom. The van der Waals surface area contributed by atoms with Crippen LogP contribution in [0.5, 0.6) is 0 Å². The Kier molecular flexibility index (Phi) is 5.61. The first-order chi connectivity index (χ1) is 8.42. The Morgan fingerprint density at radius 2 is 2.00 bits per heavy atom. The second kappa shape index (κ2) is 6.75. The molecule has 1 aromatic carbocycles. The fourth-order valence-corrected chi connectivity index (χ4v) is 1.98. The zero-order valence-corrected chi connectivity index (χ0v) is 11.2. The van der Waals surface area contributed by atoms with E-state index in [4.69, 9.17) is 0 Å². The summed E-state index contributed by atoms with van der Waals surface area (Å²) < 4.78 is 37.1. The average Bonchev–Trinajstić information content (AvgIpc) is 2.26. The second-order valence-corrected chi connectivity index (χ2v) is 5.06. The number of unbranched alkanes of at least 4 members (excludes halogenated alkanes) is 2. The van der Waals surface area contributed by atoms with Gasteiger partial charge in [-0.25, -0.2) is 0 Å². The molecule has 0 saturated carbocycles. The zero-order valence-electron chi connectivity index (χ0n) is 10.4. The lowest BCUT2D eigenvalue weighted by Gasteiger charge is -2.08. The zero-order chi connectivity index (χ0) is 13.6. The molecule has 0 amide bonds. The van der Waals surface area contributed by atoms with E-state index in [0.717, 1.165) is 24.8 Å². The summed E-state index contributed by atoms with van der Waals surface area (Å²) in [6.45, 7) is 3.90. The van der Waals surface area contributed by atoms with Crippen LogP contribution >= 0.6 is 11.8 Å². The number of halogens is 3. The van der Waals surface area contributed by atoms with E-state index in [-0.39, 0.29) is 16.7 Å². The molecule has 1 aromatic rings. The summed E-state index contributed by atoms with van der Waals surface area (Å²) in [5, 5.41) is 0. The van der Waals surface area contributed by atoms with E-state index in [9.17, 15) is 13.2 Å². The van der Waals surface area contributed by atoms with Crippen LogP contribution in [0, 0.1) is 18.8 Å². The third kappa shape index (κ3) is 5.50. The van der Waals surface area contributed by atoms with Crippen LogP contribution in [0.15, 0.2) is 23.1 Å². The molecule has 0 N–H and O–H groups in total. The molecule has 0 aliphatic carbocycles. The van der Waals surface area contributed by atoms with Gasteiger partial charge >= 0.3 is 5.51 Å². The molecule has 0 spiro atoms. The van der Waals surface area contributed by atoms with Crippen molar-refractivity contribution in [1.82, 2.24) is 0 Å². The van der Waals surface area contributed by atoms with E-state index >= 15 is 0 Å². The third-order valence-corrected chi connectivity index (χ3v) is 3.05. The molecule has 0 fully saturated rings. The van der Waals surface area contributed by atoms with E-state index in [1.807, 2.05) is 6.92 Å². The number of benzene rings is 1. The Morgan fingerprint density at radius 3 is 2.61 bits per heavy atom. The van der Waals surface area contributed by atoms with Gasteiger partial charge in [-0.1, -0.05) is 31.3 Å². The molecule has 0 aliphatic rings. The van der Waals surface area contributed by atoms with Crippen LogP contribution in [0.25, 0.3) is 0 Å². The van der Waals surface area contributed by atoms with Gasteiger partial charge in [0.15, 0.2) is 0 Å². The van der Waals surface area contributed by atoms with Gasteiger partial charge in [-0.05, 0) is 42.8 Å². The molecule has 18 heavy (non-hydrogen) atoms. The second-order valence-electron chi connectivity index (χ2n) is 3.95. The van der Waals surface area contributed by atoms with Gasteiger partial charge in [0.05, 0.1) is 0 Å². The Labute approximate surface area is 110 Å². The van der Waals surface area contributed by atoms with E-state index in [1.54, 1.807) is 12.1 Å². The fourth-order valence-electron chi connectivity index (χ4n) is 1.38. The van der Waals surface area contributed by atoms with Crippen LogP contribution in [-0.2, 0) is 0 Å². The Balaban J connectivity index is 2.92. The van der Waals surface area contributed by atoms with Gasteiger partial charge in [0.25, 0.3) is 0 Å². The molecule has 4 heteroatoms. The van der Waals surface area contributed by atoms with E-state index < -0.39 is 5.51 Å². The summed E-state index contributed by atoms with van der Waals surface area (Å²) in [5.41, 5.74) is -2.88. The predicted molar refractivity (Wildman–Crippen MR) is 69.5 cm³/mol. The predicted octanol–water partition coefficient (Wildman–Crippen LogP) is 5.15. The number of hydrogen-bond acceptors (Lipinski definition) is 1. The summed E-state index contributed by atoms with van der Waals surface area (Å²) >= 11 is -0.103. The summed E-state index contributed by atoms with van der Waals surface area (Å²) in [6.07, 6.45) is 2.73. The molecule has 0 heterocycles. The van der Waals surface area contributed by atoms with Crippen molar-refractivity contribution in [3.8, 4) is 11.8 Å². The highest BCUT2D eigenvalue weighted by atomic mass is 32.2. The molecule has 0 saturated heterocycles. The molecule has 0 aromatic heterocycles. The maximum absolute atomic E-state index is 12.4. The lowest BCUT2D eigenvalue weighted by molar-refractivity contribution is -0.0328. The van der Waals surface area contributed by atoms with Crippen molar-refractivity contribution in [2.75, 3.05) is 0 Å². The van der Waals surface area contributed by atoms with Crippen molar-refractivity contribution in [1.29, 1.82) is 0 Å². The molecule has 98 valence electrons. The first-order valence-electron chi connectivity index (χ1n) is 5.77. The SMILES string of the molecule is CCCCC#Cc1cc(C)ccc1SC(F)(F)F. The smallest absolute Gasteiger partial charge is 0.160 e. The van der Waals surface area contributed by atoms with Crippen molar-refractivity contribution in [2.24, 2.45) is 0 Å². The maximum Gasteiger partial charge on any atom is 0.446 e. The largest absolute Gasteiger partial charge is 0.446 e. The summed E-state index contributed by atoms with van der Waals surface area (Å²) in [4.78, 5) is 0.178. The average molecular weight is 272 g/mol. The highest BCUT2D eigenvalue weighted by molar-refractivity contribution is 8.00. The van der Waals surface area contributed by atoms with Crippen molar-refractivity contribution in [3.05, 3.63) is 29.3 Å². The first-order valence-corrected chi connectivity index (χ1v) is 6.59. The number of rotatable bonds is 3. The van der Waals surface area contributed by atoms with Crippen LogP contribution in [0.4, 0.5) is 13.2 Å². The van der Waals surface area contributed by atoms with E-state index in [2.05, 4.69) is 18.8 Å². The van der Waals surface area contributed by atoms with Crippen LogP contribution in [0.1, 0.15) is 37.3 Å². The Hall–Kier alpha value is -1.08. The molecular weight excluding hydrogens is 257 g/mol. The maximum atomic E-state index is 12.4. The standard InChI is InChI=1S/C14H15F3S/c1-3-4-5-6-7-12-10-11(2)8-9-13(12)18-14(15,16)17/h8-10H,3-5H2,1-2H3. The summed E-state index contributed by atoms with van der Waals surface area (Å²) in [7, 11) is 0. The quantitative estimate of drug-likeness (QED) is 0.416. The molecule has 0 unspecified atom stereocenters. The Bertz CT molecular complexity index is 452. The number of hydrogen-bond donors (Lipinski definition) is 0. The van der Waals surface area contributed by atoms with Gasteiger partial charge in [0, 0.05) is 16.9 Å². The minimum Gasteiger partial charge on any atom is -0.160 e. The molecule has 0 nitrogen and oxygen atoms in total. The summed E-state index contributed by atoms with van der Waals surface area (Å²) in [6, 6.07) is 4.86. The molecule has 1 rings (SSSR count). The van der Waals surface area contributed by atoms with Crippen molar-refractivity contribution in [2.45, 2.75) is 43.5 Å². The van der Waals surface area contributed by atoms with Crippen molar-refractivity contribution in [3.63, 3.8) is 0 Å². The lowest BCUT2D eigenvalue weighted by atomic mass is 10.1. The van der Waals surface area contributed by atoms with Gasteiger partial charge in [0.2, 0.25) is 0 Å². The fraction of sp³-hybridized carbons (Fsp3) is 0.429. The molecular formula is C14H15F3S. The number of alkyl halides is 3. The van der Waals surface area contributed by atoms with E-state index in [0.29, 0.717) is 5.56 Å². The minimum absolute atomic E-state index is 0.103. The summed E-state index contributed by atoms with van der Waals surface area (Å²) in [5.74, 6) is 5.77. The van der Waals surface area contributed by atoms with Crippen LogP contribution < -0.4 is 0 Å². The van der Waals surface area contributed by atoms with Crippen molar-refractivity contribution >= 4 is 11.8 Å². The van der Waals surface area contributed by atoms with E-state index in [1.165, 1.54) is 6.07 Å². The normalized spacial score (nSPS) is 10.9. The number of aryl methyl sites for hydroxylation is 1.